The minimum Gasteiger partial charge on any atom is -0.492 e. The molecule has 0 bridgehead atoms. The Labute approximate surface area is 187 Å². The van der Waals surface area contributed by atoms with Crippen molar-refractivity contribution in [2.45, 2.75) is 32.6 Å². The van der Waals surface area contributed by atoms with Crippen LogP contribution in [0.15, 0.2) is 52.0 Å². The molecule has 7 heteroatoms. The average Bonchev–Trinajstić information content (AvgIpc) is 3.24. The summed E-state index contributed by atoms with van der Waals surface area (Å²) in [6.07, 6.45) is 4.38. The number of rotatable bonds is 6. The van der Waals surface area contributed by atoms with Crippen molar-refractivity contribution in [3.8, 4) is 17.2 Å². The number of amides is 1. The van der Waals surface area contributed by atoms with Gasteiger partial charge in [-0.15, -0.1) is 0 Å². The standard InChI is InChI=1S/C25H28N4O3/c1-17-15-23(30)27-28-24(17)19-7-10-21-22(16-19)32-25(26-21)18-5-8-20(9-6-18)31-14-13-29-11-3-2-4-12-29/h5-10,16-17H,2-4,11-15H2,1H3,(H,27,30). The fraction of sp³-hybridized carbons (Fsp3) is 0.400. The Kier molecular flexibility index (Phi) is 5.90. The third-order valence-corrected chi connectivity index (χ3v) is 6.17. The molecule has 1 atom stereocenters. The molecule has 2 aromatic carbocycles. The number of benzene rings is 2. The molecule has 3 aromatic rings. The number of carbonyl (C=O) groups is 1. The van der Waals surface area contributed by atoms with Crippen molar-refractivity contribution < 1.29 is 13.9 Å². The summed E-state index contributed by atoms with van der Waals surface area (Å²) in [6, 6.07) is 13.7. The lowest BCUT2D eigenvalue weighted by atomic mass is 9.94. The van der Waals surface area contributed by atoms with Crippen LogP contribution in [0.1, 0.15) is 38.2 Å². The van der Waals surface area contributed by atoms with Crippen LogP contribution in [0, 0.1) is 5.92 Å². The first-order chi connectivity index (χ1) is 15.7. The largest absolute Gasteiger partial charge is 0.492 e. The molecule has 2 aliphatic heterocycles. The zero-order valence-corrected chi connectivity index (χ0v) is 18.3. The van der Waals surface area contributed by atoms with Gasteiger partial charge in [-0.25, -0.2) is 10.4 Å². The summed E-state index contributed by atoms with van der Waals surface area (Å²) in [6.45, 7) is 6.05. The fourth-order valence-corrected chi connectivity index (χ4v) is 4.38. The Morgan fingerprint density at radius 2 is 1.88 bits per heavy atom. The number of nitrogens with one attached hydrogen (secondary N) is 1. The van der Waals surface area contributed by atoms with Gasteiger partial charge in [0, 0.05) is 30.0 Å². The van der Waals surface area contributed by atoms with Crippen molar-refractivity contribution in [3.63, 3.8) is 0 Å². The monoisotopic (exact) mass is 432 g/mol. The highest BCUT2D eigenvalue weighted by Gasteiger charge is 2.22. The van der Waals surface area contributed by atoms with E-state index in [9.17, 15) is 4.79 Å². The number of nitrogens with zero attached hydrogens (tertiary/aromatic N) is 3. The Balaban J connectivity index is 1.26. The number of hydrazone groups is 1. The maximum absolute atomic E-state index is 11.5. The van der Waals surface area contributed by atoms with Gasteiger partial charge in [0.1, 0.15) is 17.9 Å². The van der Waals surface area contributed by atoms with Gasteiger partial charge in [0.05, 0.1) is 5.71 Å². The summed E-state index contributed by atoms with van der Waals surface area (Å²) in [5.74, 6) is 1.44. The third-order valence-electron chi connectivity index (χ3n) is 6.17. The summed E-state index contributed by atoms with van der Waals surface area (Å²) in [5, 5.41) is 4.24. The minimum atomic E-state index is -0.0526. The van der Waals surface area contributed by atoms with E-state index in [4.69, 9.17) is 9.15 Å². The van der Waals surface area contributed by atoms with Gasteiger partial charge in [0.15, 0.2) is 5.58 Å². The topological polar surface area (TPSA) is 80.0 Å². The van der Waals surface area contributed by atoms with E-state index < -0.39 is 0 Å². The highest BCUT2D eigenvalue weighted by Crippen LogP contribution is 2.28. The smallest absolute Gasteiger partial charge is 0.240 e. The molecule has 1 fully saturated rings. The van der Waals surface area contributed by atoms with Crippen LogP contribution in [-0.4, -0.2) is 47.7 Å². The molecule has 2 aliphatic rings. The molecule has 32 heavy (non-hydrogen) atoms. The Hall–Kier alpha value is -3.19. The van der Waals surface area contributed by atoms with E-state index in [1.165, 1.54) is 32.4 Å². The van der Waals surface area contributed by atoms with Crippen molar-refractivity contribution in [1.82, 2.24) is 15.3 Å². The van der Waals surface area contributed by atoms with E-state index in [0.29, 0.717) is 24.5 Å². The summed E-state index contributed by atoms with van der Waals surface area (Å²) in [5.41, 5.74) is 6.75. The molecule has 5 rings (SSSR count). The van der Waals surface area contributed by atoms with Gasteiger partial charge < -0.3 is 9.15 Å². The van der Waals surface area contributed by atoms with Crippen molar-refractivity contribution in [2.75, 3.05) is 26.2 Å². The highest BCUT2D eigenvalue weighted by atomic mass is 16.5. The maximum Gasteiger partial charge on any atom is 0.240 e. The van der Waals surface area contributed by atoms with Crippen LogP contribution in [0.5, 0.6) is 5.75 Å². The highest BCUT2D eigenvalue weighted by molar-refractivity contribution is 6.07. The van der Waals surface area contributed by atoms with E-state index >= 15 is 0 Å². The van der Waals surface area contributed by atoms with E-state index in [1.54, 1.807) is 0 Å². The summed E-state index contributed by atoms with van der Waals surface area (Å²) in [7, 11) is 0. The zero-order valence-electron chi connectivity index (χ0n) is 18.3. The van der Waals surface area contributed by atoms with Crippen molar-refractivity contribution in [1.29, 1.82) is 0 Å². The predicted molar refractivity (Wildman–Crippen MR) is 124 cm³/mol. The molecule has 3 heterocycles. The first-order valence-electron chi connectivity index (χ1n) is 11.4. The SMILES string of the molecule is CC1CC(=O)NN=C1c1ccc2nc(-c3ccc(OCCN4CCCCC4)cc3)oc2c1. The van der Waals surface area contributed by atoms with Gasteiger partial charge in [-0.3, -0.25) is 9.69 Å². The van der Waals surface area contributed by atoms with Crippen molar-refractivity contribution >= 4 is 22.7 Å². The number of ether oxygens (including phenoxy) is 1. The molecule has 0 aliphatic carbocycles. The number of hydrogen-bond acceptors (Lipinski definition) is 6. The average molecular weight is 433 g/mol. The number of hydrogen-bond donors (Lipinski definition) is 1. The van der Waals surface area contributed by atoms with Crippen LogP contribution in [0.2, 0.25) is 0 Å². The van der Waals surface area contributed by atoms with Crippen LogP contribution < -0.4 is 10.2 Å². The van der Waals surface area contributed by atoms with Gasteiger partial charge in [0.25, 0.3) is 0 Å². The number of carbonyl (C=O) groups excluding carboxylic acids is 1. The quantitative estimate of drug-likeness (QED) is 0.631. The minimum absolute atomic E-state index is 0.0526. The molecular formula is C25H28N4O3. The van der Waals surface area contributed by atoms with E-state index in [1.807, 2.05) is 49.4 Å². The molecule has 0 radical (unpaired) electrons. The van der Waals surface area contributed by atoms with Crippen LogP contribution >= 0.6 is 0 Å². The second-order valence-electron chi connectivity index (χ2n) is 8.61. The molecule has 1 unspecified atom stereocenters. The maximum atomic E-state index is 11.5. The van der Waals surface area contributed by atoms with Crippen molar-refractivity contribution in [3.05, 3.63) is 48.0 Å². The van der Waals surface area contributed by atoms with E-state index in [-0.39, 0.29) is 11.8 Å². The molecule has 1 saturated heterocycles. The molecule has 1 amide bonds. The van der Waals surface area contributed by atoms with Crippen molar-refractivity contribution in [2.24, 2.45) is 11.0 Å². The number of likely N-dealkylation sites (tertiary alicyclic amines) is 1. The van der Waals surface area contributed by atoms with Crippen LogP contribution in [-0.2, 0) is 4.79 Å². The van der Waals surface area contributed by atoms with E-state index in [0.717, 1.165) is 34.6 Å². The first-order valence-corrected chi connectivity index (χ1v) is 11.4. The third kappa shape index (κ3) is 4.53. The lowest BCUT2D eigenvalue weighted by molar-refractivity contribution is -0.121. The Morgan fingerprint density at radius 3 is 2.66 bits per heavy atom. The summed E-state index contributed by atoms with van der Waals surface area (Å²) < 4.78 is 12.0. The lowest BCUT2D eigenvalue weighted by Crippen LogP contribution is -2.33. The van der Waals surface area contributed by atoms with Gasteiger partial charge in [-0.05, 0) is 62.3 Å². The van der Waals surface area contributed by atoms with Gasteiger partial charge in [0.2, 0.25) is 11.8 Å². The molecule has 1 aromatic heterocycles. The van der Waals surface area contributed by atoms with Gasteiger partial charge >= 0.3 is 0 Å². The molecule has 166 valence electrons. The normalized spacial score (nSPS) is 19.6. The number of piperidine rings is 1. The number of oxazole rings is 1. The van der Waals surface area contributed by atoms with Gasteiger partial charge in [-0.1, -0.05) is 19.4 Å². The number of fused-ring (bicyclic) bond motifs is 1. The summed E-state index contributed by atoms with van der Waals surface area (Å²) >= 11 is 0. The molecule has 0 saturated carbocycles. The Morgan fingerprint density at radius 1 is 1.09 bits per heavy atom. The van der Waals surface area contributed by atoms with E-state index in [2.05, 4.69) is 20.4 Å². The molecule has 7 nitrogen and oxygen atoms in total. The summed E-state index contributed by atoms with van der Waals surface area (Å²) in [4.78, 5) is 18.6. The second-order valence-corrected chi connectivity index (χ2v) is 8.61. The fourth-order valence-electron chi connectivity index (χ4n) is 4.38. The van der Waals surface area contributed by atoms with Crippen LogP contribution in [0.3, 0.4) is 0 Å². The first kappa shape index (κ1) is 20.7. The second kappa shape index (κ2) is 9.12. The predicted octanol–water partition coefficient (Wildman–Crippen LogP) is 4.22. The van der Waals surface area contributed by atoms with Crippen LogP contribution in [0.25, 0.3) is 22.6 Å². The van der Waals surface area contributed by atoms with Gasteiger partial charge in [-0.2, -0.15) is 5.10 Å². The van der Waals surface area contributed by atoms with Crippen LogP contribution in [0.4, 0.5) is 0 Å². The molecule has 0 spiro atoms. The lowest BCUT2D eigenvalue weighted by Gasteiger charge is -2.26. The molecule has 1 N–H and O–H groups in total. The molecular weight excluding hydrogens is 404 g/mol. The number of aromatic nitrogens is 1. The zero-order chi connectivity index (χ0) is 21.9. The Bertz CT molecular complexity index is 1130.